The summed E-state index contributed by atoms with van der Waals surface area (Å²) < 4.78 is 14.5. The van der Waals surface area contributed by atoms with Gasteiger partial charge in [-0.3, -0.25) is 0 Å². The minimum atomic E-state index is -1.90. The number of imidazole rings is 1. The molecule has 0 bridgehead atoms. The van der Waals surface area contributed by atoms with Gasteiger partial charge >= 0.3 is 0 Å². The number of H-pyrrole nitrogens is 1. The molecule has 0 aliphatic carbocycles. The average molecular weight is 149 g/mol. The molecule has 0 fully saturated rings. The third-order valence-electron chi connectivity index (χ3n) is 1.53. The number of nitrogens with one attached hydrogen (secondary N) is 1. The zero-order valence-corrected chi connectivity index (χ0v) is 5.83. The van der Waals surface area contributed by atoms with Crippen molar-refractivity contribution in [3.63, 3.8) is 0 Å². The molecule has 56 valence electrons. The first-order valence-corrected chi connectivity index (χ1v) is 3.31. The number of fused-ring (bicyclic) bond motifs is 1. The molecule has 2 rings (SSSR count). The first-order valence-electron chi connectivity index (χ1n) is 4.31. The number of hydrogen-bond acceptors (Lipinski definition) is 2. The SMILES string of the molecule is [2H]C([2H])(N)c1nc2ccccc2[nH]1. The van der Waals surface area contributed by atoms with E-state index >= 15 is 0 Å². The lowest BCUT2D eigenvalue weighted by atomic mass is 10.3. The van der Waals surface area contributed by atoms with Crippen LogP contribution in [0.4, 0.5) is 0 Å². The highest BCUT2D eigenvalue weighted by molar-refractivity contribution is 5.74. The van der Waals surface area contributed by atoms with E-state index in [2.05, 4.69) is 9.97 Å². The van der Waals surface area contributed by atoms with Gasteiger partial charge in [0.15, 0.2) is 0 Å². The lowest BCUT2D eigenvalue weighted by molar-refractivity contribution is 0.958. The van der Waals surface area contributed by atoms with Crippen LogP contribution in [0.5, 0.6) is 0 Å². The van der Waals surface area contributed by atoms with Crippen LogP contribution < -0.4 is 5.73 Å². The van der Waals surface area contributed by atoms with Gasteiger partial charge in [-0.15, -0.1) is 0 Å². The molecule has 0 spiro atoms. The molecule has 2 aromatic rings. The lowest BCUT2D eigenvalue weighted by Crippen LogP contribution is -1.97. The monoisotopic (exact) mass is 149 g/mol. The van der Waals surface area contributed by atoms with Crippen molar-refractivity contribution in [2.45, 2.75) is 6.50 Å². The minimum absolute atomic E-state index is 0.161. The molecule has 1 aromatic carbocycles. The Bertz CT molecular complexity index is 397. The van der Waals surface area contributed by atoms with Crippen LogP contribution in [0.1, 0.15) is 8.57 Å². The van der Waals surface area contributed by atoms with Crippen LogP contribution in [0.2, 0.25) is 0 Å². The Kier molecular flexibility index (Phi) is 0.967. The summed E-state index contributed by atoms with van der Waals surface area (Å²) in [5.41, 5.74) is 6.79. The van der Waals surface area contributed by atoms with Gasteiger partial charge in [-0.25, -0.2) is 4.98 Å². The van der Waals surface area contributed by atoms with Gasteiger partial charge in [-0.05, 0) is 12.1 Å². The molecule has 1 aromatic heterocycles. The predicted molar refractivity (Wildman–Crippen MR) is 44.0 cm³/mol. The van der Waals surface area contributed by atoms with Crippen LogP contribution in [0, 0.1) is 0 Å². The molecule has 3 nitrogen and oxygen atoms in total. The highest BCUT2D eigenvalue weighted by Gasteiger charge is 1.97. The van der Waals surface area contributed by atoms with Gasteiger partial charge in [0.1, 0.15) is 5.82 Å². The summed E-state index contributed by atoms with van der Waals surface area (Å²) in [6.07, 6.45) is 0. The summed E-state index contributed by atoms with van der Waals surface area (Å²) in [7, 11) is 0. The molecule has 0 atom stereocenters. The van der Waals surface area contributed by atoms with Crippen molar-refractivity contribution in [3.8, 4) is 0 Å². The van der Waals surface area contributed by atoms with Crippen LogP contribution in [-0.4, -0.2) is 9.97 Å². The van der Waals surface area contributed by atoms with Gasteiger partial charge < -0.3 is 10.7 Å². The summed E-state index contributed by atoms with van der Waals surface area (Å²) in [4.78, 5) is 6.85. The van der Waals surface area contributed by atoms with Gasteiger partial charge in [0.05, 0.1) is 20.3 Å². The Balaban J connectivity index is 2.63. The van der Waals surface area contributed by atoms with Crippen LogP contribution in [0.25, 0.3) is 11.0 Å². The number of aromatic amines is 1. The van der Waals surface area contributed by atoms with E-state index in [9.17, 15) is 0 Å². The second-order valence-corrected chi connectivity index (χ2v) is 2.25. The van der Waals surface area contributed by atoms with Gasteiger partial charge in [0.2, 0.25) is 0 Å². The number of benzene rings is 1. The summed E-state index contributed by atoms with van der Waals surface area (Å²) in [6.45, 7) is -1.90. The molecule has 0 aliphatic heterocycles. The fourth-order valence-corrected chi connectivity index (χ4v) is 1.02. The number of para-hydroxylation sites is 2. The van der Waals surface area contributed by atoms with Crippen molar-refractivity contribution in [1.82, 2.24) is 9.97 Å². The molecular formula is C8H9N3. The molecule has 11 heavy (non-hydrogen) atoms. The zero-order chi connectivity index (χ0) is 9.47. The Hall–Kier alpha value is -1.35. The van der Waals surface area contributed by atoms with Crippen molar-refractivity contribution in [2.24, 2.45) is 5.73 Å². The largest absolute Gasteiger partial charge is 0.341 e. The van der Waals surface area contributed by atoms with E-state index in [1.165, 1.54) is 0 Å². The van der Waals surface area contributed by atoms with Crippen molar-refractivity contribution < 1.29 is 2.74 Å². The third-order valence-corrected chi connectivity index (χ3v) is 1.53. The molecule has 3 heteroatoms. The number of hydrogen-bond donors (Lipinski definition) is 2. The van der Waals surface area contributed by atoms with Gasteiger partial charge in [0, 0.05) is 0 Å². The van der Waals surface area contributed by atoms with Crippen LogP contribution >= 0.6 is 0 Å². The fraction of sp³-hybridized carbons (Fsp3) is 0.125. The number of nitrogens with zero attached hydrogens (tertiary/aromatic N) is 1. The van der Waals surface area contributed by atoms with E-state index in [4.69, 9.17) is 8.48 Å². The summed E-state index contributed by atoms with van der Waals surface area (Å²) in [6, 6.07) is 7.34. The van der Waals surface area contributed by atoms with Crippen LogP contribution in [0.15, 0.2) is 24.3 Å². The number of aromatic nitrogens is 2. The normalized spacial score (nSPS) is 14.6. The zero-order valence-electron chi connectivity index (χ0n) is 7.83. The minimum Gasteiger partial charge on any atom is -0.341 e. The van der Waals surface area contributed by atoms with Crippen molar-refractivity contribution >= 4 is 11.0 Å². The Labute approximate surface area is 67.1 Å². The highest BCUT2D eigenvalue weighted by atomic mass is 14.9. The molecule has 0 amide bonds. The van der Waals surface area contributed by atoms with Crippen LogP contribution in [-0.2, 0) is 6.50 Å². The van der Waals surface area contributed by atoms with E-state index in [-0.39, 0.29) is 5.82 Å². The second kappa shape index (κ2) is 2.36. The maximum absolute atomic E-state index is 7.26. The van der Waals surface area contributed by atoms with E-state index in [1.807, 2.05) is 18.2 Å². The first kappa shape index (κ1) is 4.51. The maximum Gasteiger partial charge on any atom is 0.121 e. The molecule has 0 saturated heterocycles. The second-order valence-electron chi connectivity index (χ2n) is 2.25. The maximum atomic E-state index is 7.26. The topological polar surface area (TPSA) is 54.7 Å². The molecule has 3 N–H and O–H groups in total. The van der Waals surface area contributed by atoms with E-state index in [0.717, 1.165) is 11.0 Å². The predicted octanol–water partition coefficient (Wildman–Crippen LogP) is 1.02. The van der Waals surface area contributed by atoms with Crippen molar-refractivity contribution in [3.05, 3.63) is 30.1 Å². The Morgan fingerprint density at radius 3 is 3.09 bits per heavy atom. The first-order chi connectivity index (χ1) is 6.07. The number of rotatable bonds is 1. The van der Waals surface area contributed by atoms with Gasteiger partial charge in [0.25, 0.3) is 0 Å². The molecule has 0 aliphatic rings. The summed E-state index contributed by atoms with van der Waals surface area (Å²) in [5.74, 6) is 0.161. The Morgan fingerprint density at radius 2 is 2.36 bits per heavy atom. The van der Waals surface area contributed by atoms with Crippen molar-refractivity contribution in [1.29, 1.82) is 0 Å². The average Bonchev–Trinajstić information content (AvgIpc) is 2.45. The van der Waals surface area contributed by atoms with E-state index < -0.39 is 6.50 Å². The third kappa shape index (κ3) is 0.991. The Morgan fingerprint density at radius 1 is 1.55 bits per heavy atom. The summed E-state index contributed by atoms with van der Waals surface area (Å²) >= 11 is 0. The van der Waals surface area contributed by atoms with Gasteiger partial charge in [-0.2, -0.15) is 0 Å². The molecular weight excluding hydrogens is 138 g/mol. The van der Waals surface area contributed by atoms with E-state index in [0.29, 0.717) is 0 Å². The molecule has 1 heterocycles. The standard InChI is InChI=1S/C8H9N3/c9-5-8-10-6-3-1-2-4-7(6)11-8/h1-4H,5,9H2,(H,10,11)/i5D2. The highest BCUT2D eigenvalue weighted by Crippen LogP contribution is 2.09. The molecule has 0 unspecified atom stereocenters. The smallest absolute Gasteiger partial charge is 0.121 e. The van der Waals surface area contributed by atoms with E-state index in [1.54, 1.807) is 6.07 Å². The number of nitrogens with two attached hydrogens (primary N) is 1. The van der Waals surface area contributed by atoms with Crippen LogP contribution in [0.3, 0.4) is 0 Å². The lowest BCUT2D eigenvalue weighted by Gasteiger charge is -1.82. The molecule has 0 radical (unpaired) electrons. The summed E-state index contributed by atoms with van der Waals surface area (Å²) in [5, 5.41) is 0. The molecule has 0 saturated carbocycles. The van der Waals surface area contributed by atoms with Gasteiger partial charge in [-0.1, -0.05) is 12.1 Å². The fourth-order valence-electron chi connectivity index (χ4n) is 1.02. The quantitative estimate of drug-likeness (QED) is 0.636. The van der Waals surface area contributed by atoms with Crippen molar-refractivity contribution in [2.75, 3.05) is 0 Å².